The molecule has 9 unspecified atom stereocenters. The fraction of sp³-hybridized carbons (Fsp3) is 0.836. The molecule has 10 aliphatic carbocycles. The minimum absolute atomic E-state index is 0. The summed E-state index contributed by atoms with van der Waals surface area (Å²) in [6.45, 7) is 42.2. The maximum absolute atomic E-state index is 11.5. The van der Waals surface area contributed by atoms with Gasteiger partial charge in [0.1, 0.15) is 0 Å². The van der Waals surface area contributed by atoms with Crippen molar-refractivity contribution < 1.29 is 34.4 Å². The Balaban J connectivity index is 0.000000200. The molecular weight excluding hydrogens is 973 g/mol. The van der Waals surface area contributed by atoms with Crippen LogP contribution in [0.1, 0.15) is 240 Å². The number of esters is 2. The van der Waals surface area contributed by atoms with Crippen LogP contribution in [0.15, 0.2) is 39.8 Å². The molecule has 436 valence electrons. The third-order valence-corrected chi connectivity index (χ3v) is 27.0. The summed E-state index contributed by atoms with van der Waals surface area (Å²) >= 11 is 0. The average Bonchev–Trinajstić information content (AvgIpc) is 4.08. The first-order valence-corrected chi connectivity index (χ1v) is 30.4. The summed E-state index contributed by atoms with van der Waals surface area (Å²) in [7, 11) is 0. The van der Waals surface area contributed by atoms with Crippen molar-refractivity contribution in [3.05, 3.63) is 24.3 Å². The summed E-state index contributed by atoms with van der Waals surface area (Å²) in [5.41, 5.74) is 6.24. The predicted octanol–water partition coefficient (Wildman–Crippen LogP) is 16.8. The monoisotopic (exact) mass is 1080 g/mol. The highest BCUT2D eigenvalue weighted by molar-refractivity contribution is 5.91. The molecule has 0 spiro atoms. The highest BCUT2D eigenvalue weighted by atomic mass is 16.7. The number of hydrogen-bond acceptors (Lipinski definition) is 11. The highest BCUT2D eigenvalue weighted by Crippen LogP contribution is 2.79. The SMILES string of the molecule is C.C=C(C)[C@@H]1CCC2(C#N)CC[C@]3(C)C(CCC4[C@@]5(C)CC/C(=N\OC(C)=O)C(C)(C)C5CC[C@]43C)C12.C=C(C)[C@@H]1CC[C@]2(/C=N/O)CC[C@]3(C)C(CCC4[C@@]5(C)CC/C(=N\O)C(C)(C)C5CC[C@]43C)C12.CC(=O)OC(C)=O. The second kappa shape index (κ2) is 21.2. The third-order valence-electron chi connectivity index (χ3n) is 27.0. The number of rotatable bonds is 4. The van der Waals surface area contributed by atoms with Gasteiger partial charge in [-0.05, 0) is 234 Å². The van der Waals surface area contributed by atoms with Crippen LogP contribution in [0.5, 0.6) is 0 Å². The van der Waals surface area contributed by atoms with E-state index in [0.717, 1.165) is 69.2 Å². The van der Waals surface area contributed by atoms with Crippen molar-refractivity contribution in [2.75, 3.05) is 0 Å². The van der Waals surface area contributed by atoms with E-state index in [0.29, 0.717) is 75.4 Å². The Bertz CT molecular complexity index is 2490. The standard InChI is InChI=1S/C32H48N2O2.C30H48N2O2.C4H6O3.CH4/c1-20(2)22-11-16-32(19-33)18-17-30(7)23(27(22)32)9-10-25-29(6)14-13-26(34-36-21(3)35)28(4,5)24(29)12-15-31(25,30)8;1-19(2)20-10-15-30(18-31-33)17-16-28(6)21(25(20)30)8-9-23-27(5)13-12-24(32-34)26(3,4)22(27)11-14-29(23,28)7;1-3(5)7-4(2)6;/h22-25,27H,1,9-18H2,2-8H3;18,20-23,25,33-34H,1,8-17H2,2-7H3;1-2H3;1H4/b34-26+;31-18+,32-24+;;/t22-,23?,24?,25?,27?,29-,30+,31+,32?;20-,21?,22?,23?,25?,27-,28+,29+,30+;;/m00../s1. The van der Waals surface area contributed by atoms with Crippen LogP contribution in [-0.4, -0.2) is 46.0 Å². The minimum atomic E-state index is -0.562. The van der Waals surface area contributed by atoms with Crippen LogP contribution < -0.4 is 0 Å². The first kappa shape index (κ1) is 61.8. The summed E-state index contributed by atoms with van der Waals surface area (Å²) in [5, 5.41) is 41.7. The predicted molar refractivity (Wildman–Crippen MR) is 311 cm³/mol. The number of ether oxygens (including phenoxy) is 1. The van der Waals surface area contributed by atoms with Crippen molar-refractivity contribution in [1.82, 2.24) is 0 Å². The molecule has 11 nitrogen and oxygen atoms in total. The van der Waals surface area contributed by atoms with Gasteiger partial charge in [0, 0.05) is 37.0 Å². The summed E-state index contributed by atoms with van der Waals surface area (Å²) < 4.78 is 3.97. The van der Waals surface area contributed by atoms with Crippen LogP contribution in [0.25, 0.3) is 0 Å². The van der Waals surface area contributed by atoms with Gasteiger partial charge in [0.2, 0.25) is 0 Å². The summed E-state index contributed by atoms with van der Waals surface area (Å²) in [6, 6.07) is 2.90. The summed E-state index contributed by atoms with van der Waals surface area (Å²) in [6.07, 6.45) is 25.3. The van der Waals surface area contributed by atoms with Gasteiger partial charge in [-0.3, -0.25) is 9.59 Å². The van der Waals surface area contributed by atoms with E-state index in [9.17, 15) is 30.1 Å². The van der Waals surface area contributed by atoms with Crippen molar-refractivity contribution in [3.8, 4) is 6.07 Å². The second-order valence-corrected chi connectivity index (χ2v) is 30.3. The Morgan fingerprint density at radius 1 is 0.551 bits per heavy atom. The highest BCUT2D eigenvalue weighted by Gasteiger charge is 2.73. The van der Waals surface area contributed by atoms with E-state index in [4.69, 9.17) is 4.84 Å². The zero-order valence-corrected chi connectivity index (χ0v) is 50.6. The number of oxime groups is 3. The Labute approximate surface area is 472 Å². The molecule has 0 aliphatic heterocycles. The van der Waals surface area contributed by atoms with Crippen molar-refractivity contribution in [3.63, 3.8) is 0 Å². The van der Waals surface area contributed by atoms with Gasteiger partial charge in [-0.15, -0.1) is 5.16 Å². The van der Waals surface area contributed by atoms with Gasteiger partial charge >= 0.3 is 17.9 Å². The van der Waals surface area contributed by atoms with E-state index in [2.05, 4.69) is 123 Å². The van der Waals surface area contributed by atoms with Gasteiger partial charge in [0.15, 0.2) is 0 Å². The molecule has 18 atom stereocenters. The molecule has 0 amide bonds. The topological polar surface area (TPSA) is 171 Å². The lowest BCUT2D eigenvalue weighted by atomic mass is 9.32. The molecule has 0 aromatic carbocycles. The fourth-order valence-electron chi connectivity index (χ4n) is 23.2. The molecule has 10 saturated carbocycles. The molecule has 0 radical (unpaired) electrons. The molecule has 10 rings (SSSR count). The van der Waals surface area contributed by atoms with Gasteiger partial charge in [-0.25, -0.2) is 4.79 Å². The Morgan fingerprint density at radius 3 is 1.46 bits per heavy atom. The van der Waals surface area contributed by atoms with Gasteiger partial charge in [-0.2, -0.15) is 5.26 Å². The van der Waals surface area contributed by atoms with Crippen LogP contribution in [0.2, 0.25) is 0 Å². The van der Waals surface area contributed by atoms with Gasteiger partial charge in [0.05, 0.1) is 29.1 Å². The van der Waals surface area contributed by atoms with E-state index in [1.807, 2.05) is 6.21 Å². The van der Waals surface area contributed by atoms with Crippen LogP contribution in [-0.2, 0) is 24.0 Å². The van der Waals surface area contributed by atoms with E-state index in [-0.39, 0.29) is 51.3 Å². The number of carbonyl (C=O) groups is 3. The van der Waals surface area contributed by atoms with E-state index in [1.165, 1.54) is 103 Å². The van der Waals surface area contributed by atoms with Crippen molar-refractivity contribution in [2.24, 2.45) is 129 Å². The molecule has 0 aromatic rings. The molecule has 0 bridgehead atoms. The zero-order valence-electron chi connectivity index (χ0n) is 50.6. The average molecular weight is 1080 g/mol. The van der Waals surface area contributed by atoms with Crippen LogP contribution in [0.4, 0.5) is 0 Å². The molecule has 2 N–H and O–H groups in total. The number of nitriles is 1. The smallest absolute Gasteiger partial charge is 0.331 e. The molecule has 0 saturated heterocycles. The first-order valence-electron chi connectivity index (χ1n) is 30.4. The Morgan fingerprint density at radius 2 is 1.01 bits per heavy atom. The maximum atomic E-state index is 11.5. The third kappa shape index (κ3) is 9.13. The summed E-state index contributed by atoms with van der Waals surface area (Å²) in [5.74, 6) is 4.43. The quantitative estimate of drug-likeness (QED) is 0.0533. The van der Waals surface area contributed by atoms with E-state index in [1.54, 1.807) is 0 Å². The van der Waals surface area contributed by atoms with Crippen molar-refractivity contribution in [2.45, 2.75) is 240 Å². The van der Waals surface area contributed by atoms with E-state index < -0.39 is 11.9 Å². The minimum Gasteiger partial charge on any atom is -0.411 e. The maximum Gasteiger partial charge on any atom is 0.331 e. The summed E-state index contributed by atoms with van der Waals surface area (Å²) in [4.78, 5) is 36.2. The molecule has 0 aromatic heterocycles. The van der Waals surface area contributed by atoms with Crippen molar-refractivity contribution in [1.29, 1.82) is 5.26 Å². The number of hydrogen-bond donors (Lipinski definition) is 2. The fourth-order valence-corrected chi connectivity index (χ4v) is 23.2. The normalized spacial score (nSPS) is 47.0. The lowest BCUT2D eigenvalue weighted by Crippen LogP contribution is -2.66. The van der Waals surface area contributed by atoms with Gasteiger partial charge in [-0.1, -0.05) is 111 Å². The lowest BCUT2D eigenvalue weighted by Gasteiger charge is -2.72. The number of nitrogens with zero attached hydrogens (tertiary/aromatic N) is 4. The molecule has 10 aliphatic rings. The Kier molecular flexibility index (Phi) is 16.8. The largest absolute Gasteiger partial charge is 0.411 e. The van der Waals surface area contributed by atoms with Crippen molar-refractivity contribution >= 4 is 35.5 Å². The second-order valence-electron chi connectivity index (χ2n) is 30.3. The van der Waals surface area contributed by atoms with Crippen LogP contribution in [0, 0.1) is 125 Å². The Hall–Kier alpha value is -3.81. The van der Waals surface area contributed by atoms with Crippen LogP contribution >= 0.6 is 0 Å². The number of fused-ring (bicyclic) bond motifs is 14. The van der Waals surface area contributed by atoms with Gasteiger partial charge in [0.25, 0.3) is 0 Å². The molecule has 11 heteroatoms. The molecular formula is C67H106N4O7. The first-order chi connectivity index (χ1) is 35.8. The molecule has 78 heavy (non-hydrogen) atoms. The lowest BCUT2D eigenvalue weighted by molar-refractivity contribution is -0.223. The number of allylic oxidation sites excluding steroid dienone is 2. The van der Waals surface area contributed by atoms with Gasteiger partial charge < -0.3 is 20.0 Å². The van der Waals surface area contributed by atoms with Crippen LogP contribution in [0.3, 0.4) is 0 Å². The molecule has 0 heterocycles. The van der Waals surface area contributed by atoms with E-state index >= 15 is 0 Å². The molecule has 10 fully saturated rings. The zero-order chi connectivity index (χ0) is 56.9. The number of carbonyl (C=O) groups excluding carboxylic acids is 3.